The lowest BCUT2D eigenvalue weighted by molar-refractivity contribution is -0.145. The summed E-state index contributed by atoms with van der Waals surface area (Å²) in [5.41, 5.74) is 1.13. The highest BCUT2D eigenvalue weighted by Crippen LogP contribution is 2.14. The highest BCUT2D eigenvalue weighted by molar-refractivity contribution is 5.72. The van der Waals surface area contributed by atoms with Crippen LogP contribution in [0.2, 0.25) is 0 Å². The van der Waals surface area contributed by atoms with Crippen LogP contribution in [-0.4, -0.2) is 17.2 Å². The van der Waals surface area contributed by atoms with Gasteiger partial charge in [0.2, 0.25) is 0 Å². The fourth-order valence-corrected chi connectivity index (χ4v) is 1.09. The third-order valence-corrected chi connectivity index (χ3v) is 1.95. The molecule has 1 aromatic carbocycles. The highest BCUT2D eigenvalue weighted by atomic mass is 16.5. The van der Waals surface area contributed by atoms with Gasteiger partial charge in [0.05, 0.1) is 0 Å². The topological polar surface area (TPSA) is 46.5 Å². The van der Waals surface area contributed by atoms with Crippen molar-refractivity contribution >= 4 is 5.97 Å². The first-order chi connectivity index (χ1) is 6.63. The summed E-state index contributed by atoms with van der Waals surface area (Å²) in [5, 5.41) is 8.76. The summed E-state index contributed by atoms with van der Waals surface area (Å²) in [7, 11) is 0. The van der Waals surface area contributed by atoms with Gasteiger partial charge in [0.1, 0.15) is 5.75 Å². The summed E-state index contributed by atoms with van der Waals surface area (Å²) in [5.74, 6) is -0.321. The summed E-state index contributed by atoms with van der Waals surface area (Å²) in [6, 6.07) is 7.34. The molecule has 1 rings (SSSR count). The van der Waals surface area contributed by atoms with Crippen molar-refractivity contribution < 1.29 is 14.6 Å². The lowest BCUT2D eigenvalue weighted by Crippen LogP contribution is -2.25. The fourth-order valence-electron chi connectivity index (χ4n) is 1.09. The number of rotatable bonds is 4. The van der Waals surface area contributed by atoms with Crippen LogP contribution < -0.4 is 4.74 Å². The molecular formula is C11H14O3. The minimum atomic E-state index is -0.923. The monoisotopic (exact) mass is 194 g/mol. The van der Waals surface area contributed by atoms with Crippen molar-refractivity contribution in [2.75, 3.05) is 0 Å². The van der Waals surface area contributed by atoms with E-state index in [4.69, 9.17) is 9.84 Å². The van der Waals surface area contributed by atoms with E-state index in [2.05, 4.69) is 0 Å². The first-order valence-corrected chi connectivity index (χ1v) is 4.59. The Labute approximate surface area is 83.3 Å². The number of hydrogen-bond acceptors (Lipinski definition) is 2. The van der Waals surface area contributed by atoms with Gasteiger partial charge in [-0.1, -0.05) is 24.6 Å². The lowest BCUT2D eigenvalue weighted by Gasteiger charge is -2.12. The molecule has 3 nitrogen and oxygen atoms in total. The molecule has 0 heterocycles. The lowest BCUT2D eigenvalue weighted by atomic mass is 10.2. The van der Waals surface area contributed by atoms with Crippen LogP contribution in [0.1, 0.15) is 18.9 Å². The number of aryl methyl sites for hydroxylation is 1. The van der Waals surface area contributed by atoms with Gasteiger partial charge in [-0.15, -0.1) is 0 Å². The molecule has 0 radical (unpaired) electrons. The Bertz CT molecular complexity index is 303. The minimum absolute atomic E-state index is 0.462. The maximum absolute atomic E-state index is 10.7. The van der Waals surface area contributed by atoms with Crippen LogP contribution in [0.4, 0.5) is 0 Å². The average molecular weight is 194 g/mol. The number of ether oxygens (including phenoxy) is 1. The van der Waals surface area contributed by atoms with Crippen molar-refractivity contribution in [3.8, 4) is 5.75 Å². The predicted octanol–water partition coefficient (Wildman–Crippen LogP) is 2.24. The van der Waals surface area contributed by atoms with E-state index in [1.165, 1.54) is 0 Å². The van der Waals surface area contributed by atoms with Gasteiger partial charge in [-0.05, 0) is 25.5 Å². The van der Waals surface area contributed by atoms with E-state index in [-0.39, 0.29) is 0 Å². The standard InChI is InChI=1S/C11H14O3/c1-3-10(11(12)13)14-9-6-4-8(2)5-7-9/h4-7,10H,3H2,1-2H3,(H,12,13). The van der Waals surface area contributed by atoms with Gasteiger partial charge >= 0.3 is 5.97 Å². The van der Waals surface area contributed by atoms with E-state index >= 15 is 0 Å². The molecule has 0 amide bonds. The second kappa shape index (κ2) is 4.65. The third kappa shape index (κ3) is 2.76. The zero-order valence-electron chi connectivity index (χ0n) is 8.36. The molecule has 0 bridgehead atoms. The van der Waals surface area contributed by atoms with Crippen molar-refractivity contribution in [2.45, 2.75) is 26.4 Å². The van der Waals surface area contributed by atoms with Crippen LogP contribution in [0.3, 0.4) is 0 Å². The Kier molecular flexibility index (Phi) is 3.51. The molecule has 0 saturated carbocycles. The van der Waals surface area contributed by atoms with Crippen LogP contribution in [0.5, 0.6) is 5.75 Å². The molecule has 0 aliphatic rings. The number of benzene rings is 1. The smallest absolute Gasteiger partial charge is 0.344 e. The molecule has 0 aliphatic heterocycles. The molecular weight excluding hydrogens is 180 g/mol. The normalized spacial score (nSPS) is 12.1. The number of carboxylic acid groups (broad SMARTS) is 1. The number of carboxylic acids is 1. The van der Waals surface area contributed by atoms with Crippen molar-refractivity contribution in [1.29, 1.82) is 0 Å². The maximum Gasteiger partial charge on any atom is 0.344 e. The molecule has 1 atom stereocenters. The average Bonchev–Trinajstić information content (AvgIpc) is 2.16. The largest absolute Gasteiger partial charge is 0.479 e. The molecule has 3 heteroatoms. The summed E-state index contributed by atoms with van der Waals surface area (Å²) >= 11 is 0. The fraction of sp³-hybridized carbons (Fsp3) is 0.364. The van der Waals surface area contributed by atoms with E-state index in [0.29, 0.717) is 12.2 Å². The van der Waals surface area contributed by atoms with E-state index < -0.39 is 12.1 Å². The maximum atomic E-state index is 10.7. The SMILES string of the molecule is CCC(Oc1ccc(C)cc1)C(=O)O. The first kappa shape index (κ1) is 10.6. The van der Waals surface area contributed by atoms with Gasteiger partial charge < -0.3 is 9.84 Å². The van der Waals surface area contributed by atoms with Crippen LogP contribution in [0, 0.1) is 6.92 Å². The van der Waals surface area contributed by atoms with E-state index in [9.17, 15) is 4.79 Å². The Morgan fingerprint density at radius 2 is 2.00 bits per heavy atom. The van der Waals surface area contributed by atoms with Gasteiger partial charge in [0.25, 0.3) is 0 Å². The highest BCUT2D eigenvalue weighted by Gasteiger charge is 2.16. The summed E-state index contributed by atoms with van der Waals surface area (Å²) in [6.45, 7) is 3.76. The third-order valence-electron chi connectivity index (χ3n) is 1.95. The Morgan fingerprint density at radius 1 is 1.43 bits per heavy atom. The Balaban J connectivity index is 2.67. The quantitative estimate of drug-likeness (QED) is 0.799. The van der Waals surface area contributed by atoms with Crippen molar-refractivity contribution in [3.05, 3.63) is 29.8 Å². The predicted molar refractivity (Wildman–Crippen MR) is 53.5 cm³/mol. The number of hydrogen-bond donors (Lipinski definition) is 1. The zero-order valence-corrected chi connectivity index (χ0v) is 8.36. The first-order valence-electron chi connectivity index (χ1n) is 4.59. The second-order valence-electron chi connectivity index (χ2n) is 3.17. The zero-order chi connectivity index (χ0) is 10.6. The molecule has 0 spiro atoms. The van der Waals surface area contributed by atoms with Gasteiger partial charge in [-0.25, -0.2) is 4.79 Å². The van der Waals surface area contributed by atoms with Gasteiger partial charge in [-0.3, -0.25) is 0 Å². The number of aliphatic carboxylic acids is 1. The van der Waals surface area contributed by atoms with Crippen molar-refractivity contribution in [1.82, 2.24) is 0 Å². The Morgan fingerprint density at radius 3 is 2.43 bits per heavy atom. The molecule has 0 saturated heterocycles. The molecule has 1 N–H and O–H groups in total. The Hall–Kier alpha value is -1.51. The van der Waals surface area contributed by atoms with Crippen molar-refractivity contribution in [3.63, 3.8) is 0 Å². The summed E-state index contributed by atoms with van der Waals surface area (Å²) in [6.07, 6.45) is -0.291. The number of carbonyl (C=O) groups is 1. The molecule has 14 heavy (non-hydrogen) atoms. The van der Waals surface area contributed by atoms with E-state index in [1.54, 1.807) is 19.1 Å². The van der Waals surface area contributed by atoms with Crippen LogP contribution in [0.25, 0.3) is 0 Å². The van der Waals surface area contributed by atoms with E-state index in [0.717, 1.165) is 5.56 Å². The second-order valence-corrected chi connectivity index (χ2v) is 3.17. The molecule has 76 valence electrons. The molecule has 0 aromatic heterocycles. The summed E-state index contributed by atoms with van der Waals surface area (Å²) in [4.78, 5) is 10.7. The summed E-state index contributed by atoms with van der Waals surface area (Å²) < 4.78 is 5.28. The van der Waals surface area contributed by atoms with Crippen LogP contribution in [-0.2, 0) is 4.79 Å². The molecule has 0 fully saturated rings. The van der Waals surface area contributed by atoms with Gasteiger partial charge in [-0.2, -0.15) is 0 Å². The van der Waals surface area contributed by atoms with E-state index in [1.807, 2.05) is 19.1 Å². The van der Waals surface area contributed by atoms with Crippen LogP contribution in [0.15, 0.2) is 24.3 Å². The molecule has 1 aromatic rings. The van der Waals surface area contributed by atoms with Gasteiger partial charge in [0, 0.05) is 0 Å². The van der Waals surface area contributed by atoms with Crippen LogP contribution >= 0.6 is 0 Å². The molecule has 0 aliphatic carbocycles. The van der Waals surface area contributed by atoms with Gasteiger partial charge in [0.15, 0.2) is 6.10 Å². The minimum Gasteiger partial charge on any atom is -0.479 e. The molecule has 1 unspecified atom stereocenters. The van der Waals surface area contributed by atoms with Crippen molar-refractivity contribution in [2.24, 2.45) is 0 Å².